The van der Waals surface area contributed by atoms with Crippen LogP contribution in [-0.4, -0.2) is 48.8 Å². The van der Waals surface area contributed by atoms with E-state index >= 15 is 0 Å². The number of nitrogens with zero attached hydrogens (tertiary/aromatic N) is 2. The number of carbonyl (C=O) groups excluding carboxylic acids is 2. The van der Waals surface area contributed by atoms with Crippen LogP contribution in [-0.2, 0) is 4.74 Å². The number of nitrogens with one attached hydrogen (secondary N) is 2. The van der Waals surface area contributed by atoms with E-state index in [2.05, 4.69) is 15.5 Å². The highest BCUT2D eigenvalue weighted by Gasteiger charge is 2.21. The molecule has 0 spiro atoms. The summed E-state index contributed by atoms with van der Waals surface area (Å²) in [5, 5.41) is 6.27. The molecule has 1 saturated heterocycles. The van der Waals surface area contributed by atoms with Crippen LogP contribution in [0.5, 0.6) is 0 Å². The monoisotopic (exact) mass is 430 g/mol. The fourth-order valence-corrected chi connectivity index (χ4v) is 3.29. The van der Waals surface area contributed by atoms with E-state index in [9.17, 15) is 9.59 Å². The van der Waals surface area contributed by atoms with Crippen LogP contribution >= 0.6 is 11.6 Å². The van der Waals surface area contributed by atoms with E-state index in [1.807, 2.05) is 24.3 Å². The summed E-state index contributed by atoms with van der Waals surface area (Å²) in [5.74, 6) is 0. The van der Waals surface area contributed by atoms with Gasteiger partial charge in [0.15, 0.2) is 0 Å². The number of benzene rings is 2. The zero-order valence-corrected chi connectivity index (χ0v) is 18.2. The average molecular weight is 431 g/mol. The van der Waals surface area contributed by atoms with Crippen LogP contribution in [0.3, 0.4) is 0 Å². The lowest BCUT2D eigenvalue weighted by Crippen LogP contribution is -2.50. The SMILES string of the molecule is CC(C)(C)OC(=O)Nc1ccc(NC(=O)N2CCN(c3cccc(Cl)c3)CC2)cc1. The molecule has 2 aromatic rings. The molecule has 0 radical (unpaired) electrons. The number of anilines is 3. The Labute approximate surface area is 181 Å². The number of urea groups is 1. The Morgan fingerprint density at radius 1 is 0.933 bits per heavy atom. The van der Waals surface area contributed by atoms with E-state index in [0.717, 1.165) is 18.8 Å². The summed E-state index contributed by atoms with van der Waals surface area (Å²) in [6.45, 7) is 8.15. The van der Waals surface area contributed by atoms with Crippen molar-refractivity contribution in [2.45, 2.75) is 26.4 Å². The largest absolute Gasteiger partial charge is 0.444 e. The van der Waals surface area contributed by atoms with Gasteiger partial charge in [-0.1, -0.05) is 17.7 Å². The Kier molecular flexibility index (Phi) is 6.72. The second-order valence-corrected chi connectivity index (χ2v) is 8.52. The molecule has 8 heteroatoms. The highest BCUT2D eigenvalue weighted by Crippen LogP contribution is 2.21. The van der Waals surface area contributed by atoms with Gasteiger partial charge in [-0.15, -0.1) is 0 Å². The number of hydrogen-bond donors (Lipinski definition) is 2. The topological polar surface area (TPSA) is 73.9 Å². The maximum absolute atomic E-state index is 12.6. The molecule has 1 aliphatic heterocycles. The molecule has 0 aromatic heterocycles. The quantitative estimate of drug-likeness (QED) is 0.715. The summed E-state index contributed by atoms with van der Waals surface area (Å²) in [4.78, 5) is 28.4. The van der Waals surface area contributed by atoms with Crippen molar-refractivity contribution in [3.8, 4) is 0 Å². The smallest absolute Gasteiger partial charge is 0.412 e. The molecule has 0 aliphatic carbocycles. The van der Waals surface area contributed by atoms with E-state index in [0.29, 0.717) is 29.5 Å². The number of amides is 3. The van der Waals surface area contributed by atoms with Crippen LogP contribution in [0, 0.1) is 0 Å². The number of piperazine rings is 1. The first kappa shape index (κ1) is 21.8. The van der Waals surface area contributed by atoms with Crippen LogP contribution in [0.15, 0.2) is 48.5 Å². The van der Waals surface area contributed by atoms with Crippen molar-refractivity contribution in [1.29, 1.82) is 0 Å². The van der Waals surface area contributed by atoms with Crippen molar-refractivity contribution in [1.82, 2.24) is 4.90 Å². The second kappa shape index (κ2) is 9.26. The summed E-state index contributed by atoms with van der Waals surface area (Å²) < 4.78 is 5.23. The summed E-state index contributed by atoms with van der Waals surface area (Å²) >= 11 is 6.07. The third-order valence-electron chi connectivity index (χ3n) is 4.52. The molecule has 1 fully saturated rings. The van der Waals surface area contributed by atoms with Crippen molar-refractivity contribution in [3.63, 3.8) is 0 Å². The molecule has 160 valence electrons. The molecule has 2 aromatic carbocycles. The maximum atomic E-state index is 12.6. The van der Waals surface area contributed by atoms with Gasteiger partial charge < -0.3 is 19.9 Å². The molecule has 7 nitrogen and oxygen atoms in total. The maximum Gasteiger partial charge on any atom is 0.412 e. The molecular weight excluding hydrogens is 404 g/mol. The fourth-order valence-electron chi connectivity index (χ4n) is 3.10. The lowest BCUT2D eigenvalue weighted by Gasteiger charge is -2.36. The molecular formula is C22H27ClN4O3. The molecule has 0 atom stereocenters. The number of halogens is 1. The van der Waals surface area contributed by atoms with Gasteiger partial charge in [-0.05, 0) is 63.2 Å². The Balaban J connectivity index is 1.49. The summed E-state index contributed by atoms with van der Waals surface area (Å²) in [6.07, 6.45) is -0.517. The van der Waals surface area contributed by atoms with Crippen molar-refractivity contribution >= 4 is 40.8 Å². The minimum atomic E-state index is -0.561. The van der Waals surface area contributed by atoms with Crippen LogP contribution in [0.25, 0.3) is 0 Å². The summed E-state index contributed by atoms with van der Waals surface area (Å²) in [7, 11) is 0. The van der Waals surface area contributed by atoms with Gasteiger partial charge in [0, 0.05) is 48.3 Å². The first-order chi connectivity index (χ1) is 14.2. The van der Waals surface area contributed by atoms with Crippen molar-refractivity contribution in [3.05, 3.63) is 53.6 Å². The second-order valence-electron chi connectivity index (χ2n) is 8.09. The van der Waals surface area contributed by atoms with Gasteiger partial charge in [0.1, 0.15) is 5.60 Å². The van der Waals surface area contributed by atoms with E-state index < -0.39 is 11.7 Å². The van der Waals surface area contributed by atoms with Crippen LogP contribution in [0.2, 0.25) is 5.02 Å². The summed E-state index contributed by atoms with van der Waals surface area (Å²) in [5.41, 5.74) is 1.76. The highest BCUT2D eigenvalue weighted by atomic mass is 35.5. The lowest BCUT2D eigenvalue weighted by atomic mass is 10.2. The van der Waals surface area contributed by atoms with Gasteiger partial charge >= 0.3 is 12.1 Å². The normalized spacial score (nSPS) is 14.3. The van der Waals surface area contributed by atoms with Crippen LogP contribution in [0.1, 0.15) is 20.8 Å². The van der Waals surface area contributed by atoms with E-state index in [1.165, 1.54) is 0 Å². The van der Waals surface area contributed by atoms with Crippen molar-refractivity contribution < 1.29 is 14.3 Å². The summed E-state index contributed by atoms with van der Waals surface area (Å²) in [6, 6.07) is 14.5. The first-order valence-electron chi connectivity index (χ1n) is 9.86. The molecule has 1 heterocycles. The average Bonchev–Trinajstić information content (AvgIpc) is 2.68. The molecule has 1 aliphatic rings. The van der Waals surface area contributed by atoms with Crippen molar-refractivity contribution in [2.75, 3.05) is 41.7 Å². The fraction of sp³-hybridized carbons (Fsp3) is 0.364. The predicted molar refractivity (Wildman–Crippen MR) is 121 cm³/mol. The molecule has 0 bridgehead atoms. The van der Waals surface area contributed by atoms with Crippen LogP contribution < -0.4 is 15.5 Å². The molecule has 2 N–H and O–H groups in total. The Morgan fingerprint density at radius 2 is 1.53 bits per heavy atom. The number of hydrogen-bond acceptors (Lipinski definition) is 4. The first-order valence-corrected chi connectivity index (χ1v) is 10.2. The number of carbonyl (C=O) groups is 2. The highest BCUT2D eigenvalue weighted by molar-refractivity contribution is 6.30. The molecule has 3 amide bonds. The third-order valence-corrected chi connectivity index (χ3v) is 4.76. The van der Waals surface area contributed by atoms with Gasteiger partial charge in [0.2, 0.25) is 0 Å². The minimum absolute atomic E-state index is 0.145. The van der Waals surface area contributed by atoms with Crippen molar-refractivity contribution in [2.24, 2.45) is 0 Å². The predicted octanol–water partition coefficient (Wildman–Crippen LogP) is 5.04. The van der Waals surface area contributed by atoms with Gasteiger partial charge in [-0.3, -0.25) is 5.32 Å². The van der Waals surface area contributed by atoms with Gasteiger partial charge in [-0.2, -0.15) is 0 Å². The Bertz CT molecular complexity index is 888. The Morgan fingerprint density at radius 3 is 2.10 bits per heavy atom. The van der Waals surface area contributed by atoms with E-state index in [4.69, 9.17) is 16.3 Å². The standard InChI is InChI=1S/C22H27ClN4O3/c1-22(2,3)30-21(29)25-18-9-7-17(8-10-18)24-20(28)27-13-11-26(12-14-27)19-6-4-5-16(23)15-19/h4-10,15H,11-14H2,1-3H3,(H,24,28)(H,25,29). The zero-order chi connectivity index (χ0) is 21.7. The molecule has 0 unspecified atom stereocenters. The van der Waals surface area contributed by atoms with E-state index in [-0.39, 0.29) is 6.03 Å². The van der Waals surface area contributed by atoms with Crippen LogP contribution in [0.4, 0.5) is 26.7 Å². The number of ether oxygens (including phenoxy) is 1. The molecule has 0 saturated carbocycles. The Hall–Kier alpha value is -2.93. The van der Waals surface area contributed by atoms with E-state index in [1.54, 1.807) is 49.9 Å². The minimum Gasteiger partial charge on any atom is -0.444 e. The zero-order valence-electron chi connectivity index (χ0n) is 17.4. The number of rotatable bonds is 3. The van der Waals surface area contributed by atoms with Gasteiger partial charge in [-0.25, -0.2) is 9.59 Å². The van der Waals surface area contributed by atoms with Gasteiger partial charge in [0.25, 0.3) is 0 Å². The lowest BCUT2D eigenvalue weighted by molar-refractivity contribution is 0.0636. The molecule has 30 heavy (non-hydrogen) atoms. The van der Waals surface area contributed by atoms with Gasteiger partial charge in [0.05, 0.1) is 0 Å². The third kappa shape index (κ3) is 6.29. The molecule has 3 rings (SSSR count).